The first-order valence-electron chi connectivity index (χ1n) is 5.36. The van der Waals surface area contributed by atoms with Gasteiger partial charge in [-0.2, -0.15) is 0 Å². The zero-order chi connectivity index (χ0) is 13.1. The van der Waals surface area contributed by atoms with Gasteiger partial charge in [-0.05, 0) is 12.1 Å². The van der Waals surface area contributed by atoms with Crippen LogP contribution in [-0.2, 0) is 6.54 Å². The second-order valence-corrected chi connectivity index (χ2v) is 4.66. The minimum Gasteiger partial charge on any atom is -0.396 e. The number of aromatic nitrogens is 1. The summed E-state index contributed by atoms with van der Waals surface area (Å²) in [5.74, 6) is -0.517. The quantitative estimate of drug-likeness (QED) is 0.817. The number of nitrogen functional groups attached to an aromatic ring is 1. The number of primary amides is 1. The third-order valence-electron chi connectivity index (χ3n) is 2.64. The van der Waals surface area contributed by atoms with Crippen LogP contribution in [0.5, 0.6) is 0 Å². The average molecular weight is 262 g/mol. The van der Waals surface area contributed by atoms with E-state index >= 15 is 0 Å². The summed E-state index contributed by atoms with van der Waals surface area (Å²) in [5.41, 5.74) is 15.5. The molecule has 18 heavy (non-hydrogen) atoms. The number of thiazole rings is 1. The monoisotopic (exact) mass is 262 g/mol. The molecule has 5 nitrogen and oxygen atoms in total. The average Bonchev–Trinajstić information content (AvgIpc) is 2.81. The molecular weight excluding hydrogens is 248 g/mol. The van der Waals surface area contributed by atoms with Crippen LogP contribution >= 0.6 is 11.3 Å². The van der Waals surface area contributed by atoms with Gasteiger partial charge in [0.1, 0.15) is 0 Å². The van der Waals surface area contributed by atoms with Gasteiger partial charge in [-0.1, -0.05) is 6.07 Å². The van der Waals surface area contributed by atoms with Gasteiger partial charge >= 0.3 is 0 Å². The summed E-state index contributed by atoms with van der Waals surface area (Å²) in [4.78, 5) is 17.4. The van der Waals surface area contributed by atoms with Crippen molar-refractivity contribution >= 4 is 28.6 Å². The van der Waals surface area contributed by atoms with Gasteiger partial charge in [0.25, 0.3) is 5.91 Å². The summed E-state index contributed by atoms with van der Waals surface area (Å²) >= 11 is 1.55. The smallest absolute Gasteiger partial charge is 0.250 e. The molecule has 6 heteroatoms. The molecule has 0 spiro atoms. The van der Waals surface area contributed by atoms with Gasteiger partial charge in [-0.3, -0.25) is 4.79 Å². The van der Waals surface area contributed by atoms with Crippen molar-refractivity contribution < 1.29 is 4.79 Å². The van der Waals surface area contributed by atoms with Crippen molar-refractivity contribution in [3.05, 3.63) is 40.3 Å². The summed E-state index contributed by atoms with van der Waals surface area (Å²) in [6, 6.07) is 5.25. The number of amides is 1. The van der Waals surface area contributed by atoms with E-state index in [0.717, 1.165) is 11.4 Å². The first kappa shape index (κ1) is 12.4. The number of anilines is 2. The lowest BCUT2D eigenvalue weighted by Crippen LogP contribution is -2.20. The number of nitrogens with zero attached hydrogens (tertiary/aromatic N) is 2. The van der Waals surface area contributed by atoms with E-state index in [0.29, 0.717) is 17.8 Å². The molecule has 0 unspecified atom stereocenters. The van der Waals surface area contributed by atoms with E-state index in [1.54, 1.807) is 29.0 Å². The number of hydrogen-bond donors (Lipinski definition) is 2. The number of benzene rings is 1. The Hall–Kier alpha value is -2.08. The fraction of sp³-hybridized carbons (Fsp3) is 0.167. The Morgan fingerprint density at radius 2 is 2.28 bits per heavy atom. The number of nitrogens with two attached hydrogens (primary N) is 2. The third kappa shape index (κ3) is 2.43. The molecule has 94 valence electrons. The van der Waals surface area contributed by atoms with Crippen molar-refractivity contribution in [1.82, 2.24) is 4.98 Å². The highest BCUT2D eigenvalue weighted by Gasteiger charge is 2.13. The standard InChI is InChI=1S/C12H14N4OS/c1-16(5-8-6-18-7-15-8)10-4-2-3-9(11(10)13)12(14)17/h2-4,6-7H,5,13H2,1H3,(H2,14,17). The van der Waals surface area contributed by atoms with Crippen LogP contribution in [0.4, 0.5) is 11.4 Å². The highest BCUT2D eigenvalue weighted by molar-refractivity contribution is 7.07. The molecule has 0 fully saturated rings. The van der Waals surface area contributed by atoms with Crippen LogP contribution in [0.25, 0.3) is 0 Å². The molecule has 1 aromatic carbocycles. The molecule has 4 N–H and O–H groups in total. The Kier molecular flexibility index (Phi) is 3.47. The van der Waals surface area contributed by atoms with Gasteiger partial charge < -0.3 is 16.4 Å². The van der Waals surface area contributed by atoms with Crippen molar-refractivity contribution in [3.63, 3.8) is 0 Å². The maximum Gasteiger partial charge on any atom is 0.250 e. The van der Waals surface area contributed by atoms with Gasteiger partial charge in [-0.15, -0.1) is 11.3 Å². The van der Waals surface area contributed by atoms with Crippen LogP contribution in [-0.4, -0.2) is 17.9 Å². The molecule has 0 aliphatic carbocycles. The highest BCUT2D eigenvalue weighted by atomic mass is 32.1. The van der Waals surface area contributed by atoms with E-state index in [-0.39, 0.29) is 0 Å². The Morgan fingerprint density at radius 1 is 1.50 bits per heavy atom. The second-order valence-electron chi connectivity index (χ2n) is 3.94. The van der Waals surface area contributed by atoms with Gasteiger partial charge in [0, 0.05) is 12.4 Å². The van der Waals surface area contributed by atoms with Gasteiger partial charge in [0.2, 0.25) is 0 Å². The fourth-order valence-electron chi connectivity index (χ4n) is 1.74. The zero-order valence-electron chi connectivity index (χ0n) is 9.96. The zero-order valence-corrected chi connectivity index (χ0v) is 10.8. The molecule has 2 aromatic rings. The summed E-state index contributed by atoms with van der Waals surface area (Å²) in [6.07, 6.45) is 0. The summed E-state index contributed by atoms with van der Waals surface area (Å²) in [5, 5.41) is 1.98. The highest BCUT2D eigenvalue weighted by Crippen LogP contribution is 2.26. The minimum absolute atomic E-state index is 0.345. The largest absolute Gasteiger partial charge is 0.396 e. The Labute approximate surface area is 109 Å². The van der Waals surface area contributed by atoms with Crippen LogP contribution in [0.3, 0.4) is 0 Å². The molecule has 0 saturated carbocycles. The maximum absolute atomic E-state index is 11.2. The van der Waals surface area contributed by atoms with Crippen LogP contribution < -0.4 is 16.4 Å². The lowest BCUT2D eigenvalue weighted by molar-refractivity contribution is 0.100. The van der Waals surface area contributed by atoms with Gasteiger partial charge in [-0.25, -0.2) is 4.98 Å². The lowest BCUT2D eigenvalue weighted by Gasteiger charge is -2.21. The molecule has 1 aromatic heterocycles. The van der Waals surface area contributed by atoms with Gasteiger partial charge in [0.15, 0.2) is 0 Å². The molecule has 0 radical (unpaired) electrons. The van der Waals surface area contributed by atoms with E-state index in [1.807, 2.05) is 23.4 Å². The summed E-state index contributed by atoms with van der Waals surface area (Å²) in [6.45, 7) is 0.635. The van der Waals surface area contributed by atoms with E-state index in [1.165, 1.54) is 0 Å². The summed E-state index contributed by atoms with van der Waals surface area (Å²) in [7, 11) is 1.90. The molecule has 0 atom stereocenters. The molecule has 0 aliphatic heterocycles. The second kappa shape index (κ2) is 5.05. The van der Waals surface area contributed by atoms with Crippen LogP contribution in [0.2, 0.25) is 0 Å². The third-order valence-corrected chi connectivity index (χ3v) is 3.28. The number of carbonyl (C=O) groups is 1. The fourth-order valence-corrected chi connectivity index (χ4v) is 2.29. The molecule has 1 heterocycles. The number of para-hydroxylation sites is 1. The molecule has 2 rings (SSSR count). The van der Waals surface area contributed by atoms with E-state index in [9.17, 15) is 4.79 Å². The Morgan fingerprint density at radius 3 is 2.89 bits per heavy atom. The molecule has 0 aliphatic rings. The minimum atomic E-state index is -0.517. The van der Waals surface area contributed by atoms with E-state index < -0.39 is 5.91 Å². The van der Waals surface area contributed by atoms with E-state index in [4.69, 9.17) is 11.5 Å². The number of carbonyl (C=O) groups excluding carboxylic acids is 1. The maximum atomic E-state index is 11.2. The van der Waals surface area contributed by atoms with Crippen molar-refractivity contribution in [2.45, 2.75) is 6.54 Å². The Bertz CT molecular complexity index is 553. The van der Waals surface area contributed by atoms with Crippen molar-refractivity contribution in [2.24, 2.45) is 5.73 Å². The van der Waals surface area contributed by atoms with Crippen LogP contribution in [0.15, 0.2) is 29.1 Å². The van der Waals surface area contributed by atoms with Crippen LogP contribution in [0.1, 0.15) is 16.1 Å². The Balaban J connectivity index is 2.27. The molecule has 0 saturated heterocycles. The topological polar surface area (TPSA) is 85.2 Å². The normalized spacial score (nSPS) is 10.3. The molecule has 0 bridgehead atoms. The number of hydrogen-bond acceptors (Lipinski definition) is 5. The van der Waals surface area contributed by atoms with Crippen molar-refractivity contribution in [3.8, 4) is 0 Å². The van der Waals surface area contributed by atoms with Crippen LogP contribution in [0, 0.1) is 0 Å². The number of rotatable bonds is 4. The van der Waals surface area contributed by atoms with Crippen molar-refractivity contribution in [2.75, 3.05) is 17.7 Å². The SMILES string of the molecule is CN(Cc1cscn1)c1cccc(C(N)=O)c1N. The predicted octanol–water partition coefficient (Wildman–Crippen LogP) is 1.46. The first-order chi connectivity index (χ1) is 8.59. The molecular formula is C12H14N4OS. The summed E-state index contributed by atoms with van der Waals surface area (Å²) < 4.78 is 0. The lowest BCUT2D eigenvalue weighted by atomic mass is 10.1. The van der Waals surface area contributed by atoms with Crippen molar-refractivity contribution in [1.29, 1.82) is 0 Å². The van der Waals surface area contributed by atoms with Gasteiger partial charge in [0.05, 0.1) is 34.7 Å². The first-order valence-corrected chi connectivity index (χ1v) is 6.30. The molecule has 1 amide bonds. The predicted molar refractivity (Wildman–Crippen MR) is 73.6 cm³/mol. The van der Waals surface area contributed by atoms with E-state index in [2.05, 4.69) is 4.98 Å².